The van der Waals surface area contributed by atoms with Crippen molar-refractivity contribution in [2.45, 2.75) is 60.4 Å². The molecule has 4 heteroatoms. The Bertz CT molecular complexity index is 534. The van der Waals surface area contributed by atoms with Crippen molar-refractivity contribution >= 4 is 6.21 Å². The van der Waals surface area contributed by atoms with E-state index in [1.807, 2.05) is 0 Å². The summed E-state index contributed by atoms with van der Waals surface area (Å²) in [7, 11) is 0. The van der Waals surface area contributed by atoms with Crippen molar-refractivity contribution < 1.29 is 4.74 Å². The summed E-state index contributed by atoms with van der Waals surface area (Å²) >= 11 is 0. The molecule has 2 aliphatic heterocycles. The SMILES string of the molecule is CC[C@H]1C([C@@H](C)[C@H](C)CC=N)=CN(CC)C(C(C)N2CCOCC2)=C1C. The van der Waals surface area contributed by atoms with Gasteiger partial charge in [-0.2, -0.15) is 0 Å². The van der Waals surface area contributed by atoms with Crippen LogP contribution in [0.15, 0.2) is 23.0 Å². The highest BCUT2D eigenvalue weighted by molar-refractivity contribution is 5.53. The number of nitrogens with one attached hydrogen (secondary N) is 1. The Morgan fingerprint density at radius 1 is 1.23 bits per heavy atom. The summed E-state index contributed by atoms with van der Waals surface area (Å²) in [4.78, 5) is 5.06. The van der Waals surface area contributed by atoms with Crippen LogP contribution < -0.4 is 0 Å². The molecule has 2 aliphatic rings. The lowest BCUT2D eigenvalue weighted by atomic mass is 9.75. The molecule has 1 N–H and O–H groups in total. The fourth-order valence-electron chi connectivity index (χ4n) is 4.66. The number of hydrogen-bond donors (Lipinski definition) is 1. The number of hydrogen-bond acceptors (Lipinski definition) is 4. The van der Waals surface area contributed by atoms with E-state index in [9.17, 15) is 0 Å². The van der Waals surface area contributed by atoms with Gasteiger partial charge in [0, 0.05) is 43.5 Å². The molecule has 0 saturated carbocycles. The maximum atomic E-state index is 7.47. The van der Waals surface area contributed by atoms with Gasteiger partial charge in [0.1, 0.15) is 0 Å². The first-order valence-electron chi connectivity index (χ1n) is 10.5. The molecule has 0 aromatic carbocycles. The van der Waals surface area contributed by atoms with Crippen LogP contribution in [0.1, 0.15) is 54.4 Å². The Morgan fingerprint density at radius 3 is 2.42 bits per heavy atom. The van der Waals surface area contributed by atoms with Gasteiger partial charge in [-0.3, -0.25) is 4.90 Å². The molecule has 0 aromatic rings. The van der Waals surface area contributed by atoms with Crippen LogP contribution in [0.5, 0.6) is 0 Å². The normalized spacial score (nSPS) is 25.7. The number of likely N-dealkylation sites (N-methyl/N-ethyl adjacent to an activating group) is 1. The molecule has 148 valence electrons. The average molecular weight is 362 g/mol. The van der Waals surface area contributed by atoms with Crippen LogP contribution in [0.3, 0.4) is 0 Å². The van der Waals surface area contributed by atoms with Crippen LogP contribution in [-0.2, 0) is 4.74 Å². The lowest BCUT2D eigenvalue weighted by Gasteiger charge is -2.43. The maximum absolute atomic E-state index is 7.47. The maximum Gasteiger partial charge on any atom is 0.0594 e. The topological polar surface area (TPSA) is 39.6 Å². The second-order valence-corrected chi connectivity index (χ2v) is 7.97. The van der Waals surface area contributed by atoms with E-state index in [4.69, 9.17) is 10.1 Å². The van der Waals surface area contributed by atoms with E-state index in [1.54, 1.807) is 17.4 Å². The van der Waals surface area contributed by atoms with E-state index in [1.165, 1.54) is 5.70 Å². The van der Waals surface area contributed by atoms with E-state index in [2.05, 4.69) is 57.5 Å². The molecule has 0 aromatic heterocycles. The summed E-state index contributed by atoms with van der Waals surface area (Å²) in [5.74, 6) is 1.54. The number of allylic oxidation sites excluding steroid dienone is 2. The van der Waals surface area contributed by atoms with Crippen molar-refractivity contribution in [2.75, 3.05) is 32.8 Å². The molecular formula is C22H39N3O. The predicted molar refractivity (Wildman–Crippen MR) is 111 cm³/mol. The smallest absolute Gasteiger partial charge is 0.0594 e. The summed E-state index contributed by atoms with van der Waals surface area (Å²) in [6.45, 7) is 18.7. The van der Waals surface area contributed by atoms with Gasteiger partial charge in [0.15, 0.2) is 0 Å². The molecular weight excluding hydrogens is 322 g/mol. The molecule has 0 amide bonds. The highest BCUT2D eigenvalue weighted by Gasteiger charge is 2.33. The quantitative estimate of drug-likeness (QED) is 0.645. The molecule has 2 rings (SSSR count). The zero-order valence-corrected chi connectivity index (χ0v) is 17.7. The second kappa shape index (κ2) is 9.70. The van der Waals surface area contributed by atoms with Gasteiger partial charge in [-0.15, -0.1) is 0 Å². The van der Waals surface area contributed by atoms with Crippen molar-refractivity contribution in [3.05, 3.63) is 23.0 Å². The van der Waals surface area contributed by atoms with Crippen LogP contribution >= 0.6 is 0 Å². The van der Waals surface area contributed by atoms with Gasteiger partial charge in [-0.1, -0.05) is 20.8 Å². The minimum Gasteiger partial charge on any atom is -0.379 e. The van der Waals surface area contributed by atoms with Crippen LogP contribution in [0.2, 0.25) is 0 Å². The largest absolute Gasteiger partial charge is 0.379 e. The highest BCUT2D eigenvalue weighted by atomic mass is 16.5. The lowest BCUT2D eigenvalue weighted by Crippen LogP contribution is -2.47. The first-order chi connectivity index (χ1) is 12.5. The summed E-state index contributed by atoms with van der Waals surface area (Å²) in [6.07, 6.45) is 6.02. The summed E-state index contributed by atoms with van der Waals surface area (Å²) in [5.41, 5.74) is 4.59. The first kappa shape index (κ1) is 21.2. The molecule has 1 fully saturated rings. The van der Waals surface area contributed by atoms with Crippen LogP contribution in [-0.4, -0.2) is 54.9 Å². The van der Waals surface area contributed by atoms with E-state index >= 15 is 0 Å². The molecule has 1 saturated heterocycles. The molecule has 1 unspecified atom stereocenters. The summed E-state index contributed by atoms with van der Waals surface area (Å²) < 4.78 is 5.56. The Kier molecular flexibility index (Phi) is 7.90. The molecule has 0 spiro atoms. The van der Waals surface area contributed by atoms with Crippen LogP contribution in [0, 0.1) is 23.2 Å². The highest BCUT2D eigenvalue weighted by Crippen LogP contribution is 2.41. The van der Waals surface area contributed by atoms with Gasteiger partial charge in [-0.25, -0.2) is 0 Å². The number of ether oxygens (including phenoxy) is 1. The van der Waals surface area contributed by atoms with E-state index in [-0.39, 0.29) is 0 Å². The molecule has 2 heterocycles. The molecule has 0 aliphatic carbocycles. The molecule has 4 atom stereocenters. The third-order valence-electron chi connectivity index (χ3n) is 6.55. The van der Waals surface area contributed by atoms with Crippen molar-refractivity contribution in [1.82, 2.24) is 9.80 Å². The molecule has 0 bridgehead atoms. The Morgan fingerprint density at radius 2 is 1.88 bits per heavy atom. The van der Waals surface area contributed by atoms with Crippen LogP contribution in [0.25, 0.3) is 0 Å². The van der Waals surface area contributed by atoms with Crippen molar-refractivity contribution in [2.24, 2.45) is 17.8 Å². The zero-order chi connectivity index (χ0) is 19.3. The van der Waals surface area contributed by atoms with Gasteiger partial charge in [0.2, 0.25) is 0 Å². The third-order valence-corrected chi connectivity index (χ3v) is 6.55. The summed E-state index contributed by atoms with van der Waals surface area (Å²) in [6, 6.07) is 0.431. The molecule has 26 heavy (non-hydrogen) atoms. The monoisotopic (exact) mass is 361 g/mol. The Balaban J connectivity index is 2.32. The van der Waals surface area contributed by atoms with Gasteiger partial charge < -0.3 is 15.0 Å². The Hall–Kier alpha value is -1.13. The van der Waals surface area contributed by atoms with Gasteiger partial charge in [0.05, 0.1) is 13.2 Å². The van der Waals surface area contributed by atoms with Gasteiger partial charge in [0.25, 0.3) is 0 Å². The first-order valence-corrected chi connectivity index (χ1v) is 10.5. The van der Waals surface area contributed by atoms with E-state index in [0.29, 0.717) is 23.8 Å². The minimum absolute atomic E-state index is 0.431. The third kappa shape index (κ3) is 4.40. The van der Waals surface area contributed by atoms with Gasteiger partial charge in [-0.05, 0) is 62.8 Å². The number of morpholine rings is 1. The fourth-order valence-corrected chi connectivity index (χ4v) is 4.66. The standard InChI is InChI=1S/C22H39N3O/c1-7-20-18(5)22(19(6)25-11-13-26-14-12-25)24(8-2)15-21(20)17(4)16(3)9-10-23/h10,15-17,19-20,23H,7-9,11-14H2,1-6H3/t16-,17+,19?,20-/m1/s1. The number of rotatable bonds is 8. The fraction of sp³-hybridized carbons (Fsp3) is 0.773. The second-order valence-electron chi connectivity index (χ2n) is 7.97. The molecule has 4 nitrogen and oxygen atoms in total. The Labute approximate surface area is 160 Å². The summed E-state index contributed by atoms with van der Waals surface area (Å²) in [5, 5.41) is 7.47. The van der Waals surface area contributed by atoms with E-state index in [0.717, 1.165) is 45.7 Å². The number of nitrogens with zero attached hydrogens (tertiary/aromatic N) is 2. The zero-order valence-electron chi connectivity index (χ0n) is 17.7. The van der Waals surface area contributed by atoms with E-state index < -0.39 is 0 Å². The lowest BCUT2D eigenvalue weighted by molar-refractivity contribution is 0.0225. The average Bonchev–Trinajstić information content (AvgIpc) is 2.66. The van der Waals surface area contributed by atoms with Crippen LogP contribution in [0.4, 0.5) is 0 Å². The van der Waals surface area contributed by atoms with Gasteiger partial charge >= 0.3 is 0 Å². The minimum atomic E-state index is 0.431. The predicted octanol–water partition coefficient (Wildman–Crippen LogP) is 4.54. The van der Waals surface area contributed by atoms with Crippen molar-refractivity contribution in [3.63, 3.8) is 0 Å². The molecule has 0 radical (unpaired) electrons. The van der Waals surface area contributed by atoms with Crippen molar-refractivity contribution in [1.29, 1.82) is 5.41 Å². The van der Waals surface area contributed by atoms with Crippen molar-refractivity contribution in [3.8, 4) is 0 Å².